The molecule has 200 valence electrons. The summed E-state index contributed by atoms with van der Waals surface area (Å²) in [4.78, 5) is 32.9. The van der Waals surface area contributed by atoms with Gasteiger partial charge in [-0.3, -0.25) is 14.5 Å². The Morgan fingerprint density at radius 2 is 1.77 bits per heavy atom. The van der Waals surface area contributed by atoms with E-state index in [4.69, 9.17) is 4.52 Å². The molecule has 8 heteroatoms. The number of benzene rings is 3. The van der Waals surface area contributed by atoms with E-state index in [1.807, 2.05) is 67.6 Å². The first kappa shape index (κ1) is 26.3. The molecule has 5 rings (SSSR count). The van der Waals surface area contributed by atoms with Crippen molar-refractivity contribution in [3.63, 3.8) is 0 Å². The molecule has 2 heterocycles. The van der Waals surface area contributed by atoms with Crippen molar-refractivity contribution in [1.29, 1.82) is 0 Å². The van der Waals surface area contributed by atoms with E-state index in [0.29, 0.717) is 42.6 Å². The summed E-state index contributed by atoms with van der Waals surface area (Å²) in [6, 6.07) is 25.2. The molecule has 0 bridgehead atoms. The van der Waals surface area contributed by atoms with Crippen LogP contribution in [0.15, 0.2) is 83.4 Å². The van der Waals surface area contributed by atoms with Gasteiger partial charge in [-0.25, -0.2) is 0 Å². The monoisotopic (exact) mass is 523 g/mol. The molecule has 0 saturated carbocycles. The number of carbonyl (C=O) groups excluding carboxylic acids is 2. The fraction of sp³-hybridized carbons (Fsp3) is 0.290. The van der Waals surface area contributed by atoms with Gasteiger partial charge in [-0.1, -0.05) is 77.5 Å². The summed E-state index contributed by atoms with van der Waals surface area (Å²) in [5, 5.41) is 10.1. The molecule has 0 aliphatic carbocycles. The number of likely N-dealkylation sites (tertiary alicyclic amines) is 1. The van der Waals surface area contributed by atoms with E-state index in [1.165, 1.54) is 5.56 Å². The quantitative estimate of drug-likeness (QED) is 0.325. The third-order valence-corrected chi connectivity index (χ3v) is 6.98. The molecule has 1 aromatic heterocycles. The van der Waals surface area contributed by atoms with Gasteiger partial charge in [0.2, 0.25) is 17.6 Å². The number of hydrogen-bond acceptors (Lipinski definition) is 6. The highest BCUT2D eigenvalue weighted by atomic mass is 16.5. The second kappa shape index (κ2) is 12.5. The van der Waals surface area contributed by atoms with Gasteiger partial charge in [0.05, 0.1) is 23.7 Å². The number of rotatable bonds is 9. The van der Waals surface area contributed by atoms with Crippen LogP contribution in [0.2, 0.25) is 0 Å². The van der Waals surface area contributed by atoms with Gasteiger partial charge < -0.3 is 15.2 Å². The predicted molar refractivity (Wildman–Crippen MR) is 150 cm³/mol. The van der Waals surface area contributed by atoms with Gasteiger partial charge in [-0.2, -0.15) is 4.98 Å². The van der Waals surface area contributed by atoms with Crippen molar-refractivity contribution in [2.75, 3.05) is 25.0 Å². The van der Waals surface area contributed by atoms with Crippen molar-refractivity contribution in [2.24, 2.45) is 5.92 Å². The molecular weight excluding hydrogens is 490 g/mol. The van der Waals surface area contributed by atoms with Crippen molar-refractivity contribution in [2.45, 2.75) is 32.7 Å². The number of piperidine rings is 1. The zero-order valence-corrected chi connectivity index (χ0v) is 22.1. The van der Waals surface area contributed by atoms with E-state index >= 15 is 0 Å². The average Bonchev–Trinajstić information content (AvgIpc) is 3.42. The van der Waals surface area contributed by atoms with Crippen molar-refractivity contribution < 1.29 is 14.1 Å². The summed E-state index contributed by atoms with van der Waals surface area (Å²) in [6.07, 6.45) is 2.41. The molecule has 1 aliphatic heterocycles. The minimum absolute atomic E-state index is 0.0879. The van der Waals surface area contributed by atoms with Gasteiger partial charge in [-0.05, 0) is 50.4 Å². The van der Waals surface area contributed by atoms with Crippen molar-refractivity contribution >= 4 is 17.5 Å². The summed E-state index contributed by atoms with van der Waals surface area (Å²) in [6.45, 7) is 4.48. The van der Waals surface area contributed by atoms with Crippen LogP contribution < -0.4 is 10.6 Å². The molecule has 1 unspecified atom stereocenters. The Balaban J connectivity index is 1.16. The second-order valence-electron chi connectivity index (χ2n) is 9.98. The number of amides is 2. The Morgan fingerprint density at radius 3 is 2.59 bits per heavy atom. The summed E-state index contributed by atoms with van der Waals surface area (Å²) < 4.78 is 5.50. The van der Waals surface area contributed by atoms with Crippen LogP contribution in [0, 0.1) is 12.8 Å². The molecule has 39 heavy (non-hydrogen) atoms. The minimum atomic E-state index is -0.201. The van der Waals surface area contributed by atoms with Crippen LogP contribution >= 0.6 is 0 Å². The number of anilines is 1. The van der Waals surface area contributed by atoms with E-state index in [2.05, 4.69) is 25.7 Å². The van der Waals surface area contributed by atoms with E-state index in [0.717, 1.165) is 36.9 Å². The number of hydrogen-bond donors (Lipinski definition) is 2. The minimum Gasteiger partial charge on any atom is -0.352 e. The summed E-state index contributed by atoms with van der Waals surface area (Å²) in [7, 11) is 0. The molecule has 3 aromatic carbocycles. The molecule has 1 fully saturated rings. The molecule has 8 nitrogen and oxygen atoms in total. The Kier molecular flexibility index (Phi) is 8.43. The van der Waals surface area contributed by atoms with Gasteiger partial charge in [0.15, 0.2) is 0 Å². The smallest absolute Gasteiger partial charge is 0.253 e. The van der Waals surface area contributed by atoms with Gasteiger partial charge >= 0.3 is 0 Å². The lowest BCUT2D eigenvalue weighted by atomic mass is 9.96. The molecule has 1 atom stereocenters. The van der Waals surface area contributed by atoms with Crippen LogP contribution in [0.3, 0.4) is 0 Å². The summed E-state index contributed by atoms with van der Waals surface area (Å²) in [5.41, 5.74) is 4.23. The maximum absolute atomic E-state index is 13.2. The lowest BCUT2D eigenvalue weighted by Crippen LogP contribution is -2.40. The second-order valence-corrected chi connectivity index (χ2v) is 9.98. The largest absolute Gasteiger partial charge is 0.352 e. The van der Waals surface area contributed by atoms with Crippen molar-refractivity contribution in [3.8, 4) is 11.4 Å². The van der Waals surface area contributed by atoms with Crippen LogP contribution in [-0.2, 0) is 17.8 Å². The van der Waals surface area contributed by atoms with Crippen LogP contribution in [0.4, 0.5) is 5.69 Å². The highest BCUT2D eigenvalue weighted by Gasteiger charge is 2.28. The van der Waals surface area contributed by atoms with Gasteiger partial charge in [-0.15, -0.1) is 0 Å². The van der Waals surface area contributed by atoms with E-state index in [-0.39, 0.29) is 17.7 Å². The zero-order chi connectivity index (χ0) is 27.0. The number of carbonyl (C=O) groups is 2. The van der Waals surface area contributed by atoms with Crippen LogP contribution in [0.1, 0.15) is 40.2 Å². The third kappa shape index (κ3) is 6.97. The van der Waals surface area contributed by atoms with E-state index in [1.54, 1.807) is 18.2 Å². The molecule has 0 spiro atoms. The topological polar surface area (TPSA) is 100 Å². The molecule has 2 amide bonds. The zero-order valence-electron chi connectivity index (χ0n) is 22.1. The maximum Gasteiger partial charge on any atom is 0.253 e. The predicted octanol–water partition coefficient (Wildman–Crippen LogP) is 4.87. The van der Waals surface area contributed by atoms with Crippen LogP contribution in [-0.4, -0.2) is 46.5 Å². The molecule has 4 aromatic rings. The van der Waals surface area contributed by atoms with Gasteiger partial charge in [0.1, 0.15) is 0 Å². The van der Waals surface area contributed by atoms with Crippen LogP contribution in [0.25, 0.3) is 11.4 Å². The normalized spacial score (nSPS) is 15.6. The third-order valence-electron chi connectivity index (χ3n) is 6.98. The molecule has 0 radical (unpaired) electrons. The fourth-order valence-electron chi connectivity index (χ4n) is 4.83. The highest BCUT2D eigenvalue weighted by molar-refractivity contribution is 6.04. The van der Waals surface area contributed by atoms with Crippen LogP contribution in [0.5, 0.6) is 0 Å². The Bertz CT molecular complexity index is 1400. The lowest BCUT2D eigenvalue weighted by molar-refractivity contribution is -0.121. The maximum atomic E-state index is 13.2. The van der Waals surface area contributed by atoms with Gasteiger partial charge in [0.25, 0.3) is 5.91 Å². The molecule has 1 aliphatic rings. The lowest BCUT2D eigenvalue weighted by Gasteiger charge is -2.31. The summed E-state index contributed by atoms with van der Waals surface area (Å²) >= 11 is 0. The number of aryl methyl sites for hydroxylation is 1. The fourth-order valence-corrected chi connectivity index (χ4v) is 4.83. The molecule has 2 N–H and O–H groups in total. The first-order valence-electron chi connectivity index (χ1n) is 13.4. The number of para-hydroxylation sites is 1. The first-order valence-corrected chi connectivity index (χ1v) is 13.4. The van der Waals surface area contributed by atoms with Crippen molar-refractivity contribution in [1.82, 2.24) is 20.4 Å². The van der Waals surface area contributed by atoms with Crippen molar-refractivity contribution in [3.05, 3.63) is 101 Å². The molecule has 1 saturated heterocycles. The van der Waals surface area contributed by atoms with E-state index < -0.39 is 0 Å². The number of nitrogens with one attached hydrogen (secondary N) is 2. The Labute approximate surface area is 228 Å². The molecular formula is C31H33N5O3. The number of nitrogens with zero attached hydrogens (tertiary/aromatic N) is 3. The average molecular weight is 524 g/mol. The highest BCUT2D eigenvalue weighted by Crippen LogP contribution is 2.23. The van der Waals surface area contributed by atoms with Gasteiger partial charge in [0, 0.05) is 18.7 Å². The summed E-state index contributed by atoms with van der Waals surface area (Å²) in [5.74, 6) is 0.606. The SMILES string of the molecule is Cc1ccc(-c2noc(CN3CCCC(C(=O)Nc4ccccc4C(=O)NCCc4ccccc4)C3)n2)cc1. The first-order chi connectivity index (χ1) is 19.0. The van der Waals surface area contributed by atoms with E-state index in [9.17, 15) is 9.59 Å². The standard InChI is InChI=1S/C31H33N5O3/c1-22-13-15-24(16-14-22)29-34-28(39-35-29)21-36-19-7-10-25(20-36)30(37)33-27-12-6-5-11-26(27)31(38)32-18-17-23-8-3-2-4-9-23/h2-6,8-9,11-16,25H,7,10,17-21H2,1H3,(H,32,38)(H,33,37). The Morgan fingerprint density at radius 1 is 1.00 bits per heavy atom. The Hall–Kier alpha value is -4.30. The number of aromatic nitrogens is 2.